The molecule has 1 aromatic rings. The van der Waals surface area contributed by atoms with Gasteiger partial charge in [0.15, 0.2) is 0 Å². The van der Waals surface area contributed by atoms with Gasteiger partial charge in [0, 0.05) is 18.0 Å². The second-order valence-electron chi connectivity index (χ2n) is 5.70. The van der Waals surface area contributed by atoms with E-state index in [9.17, 15) is 0 Å². The highest BCUT2D eigenvalue weighted by atomic mass is 16.5. The first-order valence-corrected chi connectivity index (χ1v) is 6.74. The number of fused-ring (bicyclic) bond motifs is 1. The lowest BCUT2D eigenvalue weighted by atomic mass is 9.77. The van der Waals surface area contributed by atoms with Gasteiger partial charge < -0.3 is 10.5 Å². The van der Waals surface area contributed by atoms with E-state index in [0.29, 0.717) is 0 Å². The number of rotatable bonds is 0. The second kappa shape index (κ2) is 4.02. The summed E-state index contributed by atoms with van der Waals surface area (Å²) >= 11 is 0. The third-order valence-corrected chi connectivity index (χ3v) is 4.25. The minimum atomic E-state index is 0.0416. The molecular formula is C15H21NO. The minimum absolute atomic E-state index is 0.0416. The summed E-state index contributed by atoms with van der Waals surface area (Å²) in [7, 11) is 0. The molecular weight excluding hydrogens is 210 g/mol. The summed E-state index contributed by atoms with van der Waals surface area (Å²) in [5, 5.41) is 0. The summed E-state index contributed by atoms with van der Waals surface area (Å²) in [5.74, 6) is 1.02. The van der Waals surface area contributed by atoms with E-state index >= 15 is 0 Å². The maximum absolute atomic E-state index is 6.34. The number of hydrogen-bond acceptors (Lipinski definition) is 2. The quantitative estimate of drug-likeness (QED) is 0.742. The van der Waals surface area contributed by atoms with Gasteiger partial charge in [0.25, 0.3) is 0 Å². The summed E-state index contributed by atoms with van der Waals surface area (Å²) in [6.07, 6.45) is 7.26. The van der Waals surface area contributed by atoms with E-state index in [4.69, 9.17) is 10.5 Å². The van der Waals surface area contributed by atoms with Crippen LogP contribution in [0.5, 0.6) is 5.75 Å². The Morgan fingerprint density at radius 2 is 2.00 bits per heavy atom. The number of hydrogen-bond donors (Lipinski definition) is 1. The molecule has 2 N–H and O–H groups in total. The lowest BCUT2D eigenvalue weighted by Gasteiger charge is -2.43. The highest BCUT2D eigenvalue weighted by molar-refractivity contribution is 5.41. The fraction of sp³-hybridized carbons (Fsp3) is 0.600. The van der Waals surface area contributed by atoms with Crippen molar-refractivity contribution in [3.8, 4) is 5.75 Å². The van der Waals surface area contributed by atoms with Crippen molar-refractivity contribution in [3.05, 3.63) is 29.3 Å². The zero-order chi connectivity index (χ0) is 11.9. The molecule has 1 spiro atoms. The molecule has 17 heavy (non-hydrogen) atoms. The maximum Gasteiger partial charge on any atom is 0.124 e. The lowest BCUT2D eigenvalue weighted by Crippen LogP contribution is -2.44. The van der Waals surface area contributed by atoms with Crippen molar-refractivity contribution in [2.24, 2.45) is 5.73 Å². The van der Waals surface area contributed by atoms with Crippen molar-refractivity contribution >= 4 is 0 Å². The van der Waals surface area contributed by atoms with Crippen molar-refractivity contribution < 1.29 is 4.74 Å². The molecule has 2 nitrogen and oxygen atoms in total. The Bertz CT molecular complexity index is 421. The van der Waals surface area contributed by atoms with Gasteiger partial charge >= 0.3 is 0 Å². The van der Waals surface area contributed by atoms with Gasteiger partial charge in [-0.05, 0) is 38.7 Å². The monoisotopic (exact) mass is 231 g/mol. The Hall–Kier alpha value is -1.02. The molecule has 1 heterocycles. The SMILES string of the molecule is Cc1ccc2c(c1)C(N)CC1(CCCCC1)O2. The summed E-state index contributed by atoms with van der Waals surface area (Å²) in [5.41, 5.74) is 8.84. The molecule has 2 heteroatoms. The van der Waals surface area contributed by atoms with Gasteiger partial charge in [-0.3, -0.25) is 0 Å². The van der Waals surface area contributed by atoms with Crippen LogP contribution in [0.2, 0.25) is 0 Å². The molecule has 1 saturated carbocycles. The van der Waals surface area contributed by atoms with Crippen molar-refractivity contribution in [1.82, 2.24) is 0 Å². The largest absolute Gasteiger partial charge is 0.487 e. The highest BCUT2D eigenvalue weighted by Gasteiger charge is 2.40. The smallest absolute Gasteiger partial charge is 0.124 e. The van der Waals surface area contributed by atoms with Crippen LogP contribution in [0.3, 0.4) is 0 Å². The topological polar surface area (TPSA) is 35.2 Å². The summed E-state index contributed by atoms with van der Waals surface area (Å²) in [6.45, 7) is 2.11. The average molecular weight is 231 g/mol. The van der Waals surface area contributed by atoms with E-state index in [1.54, 1.807) is 0 Å². The van der Waals surface area contributed by atoms with Gasteiger partial charge in [0.2, 0.25) is 0 Å². The van der Waals surface area contributed by atoms with Gasteiger partial charge in [-0.2, -0.15) is 0 Å². The average Bonchev–Trinajstić information content (AvgIpc) is 2.31. The van der Waals surface area contributed by atoms with Gasteiger partial charge in [-0.15, -0.1) is 0 Å². The molecule has 0 bridgehead atoms. The van der Waals surface area contributed by atoms with E-state index in [2.05, 4.69) is 25.1 Å². The lowest BCUT2D eigenvalue weighted by molar-refractivity contribution is 0.00192. The number of aryl methyl sites for hydroxylation is 1. The van der Waals surface area contributed by atoms with Crippen LogP contribution in [-0.2, 0) is 0 Å². The predicted octanol–water partition coefficient (Wildman–Crippen LogP) is 3.48. The second-order valence-corrected chi connectivity index (χ2v) is 5.70. The number of nitrogens with two attached hydrogens (primary N) is 1. The molecule has 0 aromatic heterocycles. The van der Waals surface area contributed by atoms with Gasteiger partial charge in [0.1, 0.15) is 11.4 Å². The Morgan fingerprint density at radius 3 is 2.76 bits per heavy atom. The molecule has 92 valence electrons. The fourth-order valence-electron chi connectivity index (χ4n) is 3.34. The van der Waals surface area contributed by atoms with Crippen LogP contribution < -0.4 is 10.5 Å². The van der Waals surface area contributed by atoms with E-state index in [1.165, 1.54) is 43.2 Å². The highest BCUT2D eigenvalue weighted by Crippen LogP contribution is 2.45. The molecule has 2 aliphatic rings. The first-order chi connectivity index (χ1) is 8.19. The third-order valence-electron chi connectivity index (χ3n) is 4.25. The first kappa shape index (κ1) is 11.1. The van der Waals surface area contributed by atoms with Gasteiger partial charge in [-0.25, -0.2) is 0 Å². The summed E-state index contributed by atoms with van der Waals surface area (Å²) in [4.78, 5) is 0. The van der Waals surface area contributed by atoms with Crippen LogP contribution in [-0.4, -0.2) is 5.60 Å². The fourth-order valence-corrected chi connectivity index (χ4v) is 3.34. The van der Waals surface area contributed by atoms with Crippen molar-refractivity contribution in [2.75, 3.05) is 0 Å². The van der Waals surface area contributed by atoms with Crippen LogP contribution in [0, 0.1) is 6.92 Å². The molecule has 1 fully saturated rings. The molecule has 1 aromatic carbocycles. The zero-order valence-corrected chi connectivity index (χ0v) is 10.5. The van der Waals surface area contributed by atoms with Crippen molar-refractivity contribution in [1.29, 1.82) is 0 Å². The van der Waals surface area contributed by atoms with Crippen LogP contribution in [0.25, 0.3) is 0 Å². The Kier molecular flexibility index (Phi) is 2.62. The van der Waals surface area contributed by atoms with Crippen LogP contribution >= 0.6 is 0 Å². The molecule has 1 atom stereocenters. The van der Waals surface area contributed by atoms with E-state index in [-0.39, 0.29) is 11.6 Å². The third kappa shape index (κ3) is 1.95. The van der Waals surface area contributed by atoms with Crippen LogP contribution in [0.4, 0.5) is 0 Å². The van der Waals surface area contributed by atoms with Gasteiger partial charge in [-0.1, -0.05) is 24.1 Å². The van der Waals surface area contributed by atoms with E-state index < -0.39 is 0 Å². The Labute approximate surface area is 103 Å². The molecule has 1 aliphatic heterocycles. The normalized spacial score (nSPS) is 26.4. The van der Waals surface area contributed by atoms with E-state index in [1.807, 2.05) is 0 Å². The summed E-state index contributed by atoms with van der Waals surface area (Å²) < 4.78 is 6.31. The number of ether oxygens (including phenoxy) is 1. The van der Waals surface area contributed by atoms with Crippen LogP contribution in [0.15, 0.2) is 18.2 Å². The standard InChI is InChI=1S/C15H21NO/c1-11-5-6-14-12(9-11)13(16)10-15(17-14)7-3-2-4-8-15/h5-6,9,13H,2-4,7-8,10,16H2,1H3. The Morgan fingerprint density at radius 1 is 1.24 bits per heavy atom. The molecule has 0 amide bonds. The predicted molar refractivity (Wildman–Crippen MR) is 69.2 cm³/mol. The first-order valence-electron chi connectivity index (χ1n) is 6.74. The zero-order valence-electron chi connectivity index (χ0n) is 10.5. The van der Waals surface area contributed by atoms with Crippen LogP contribution in [0.1, 0.15) is 55.7 Å². The summed E-state index contributed by atoms with van der Waals surface area (Å²) in [6, 6.07) is 6.54. The van der Waals surface area contributed by atoms with E-state index in [0.717, 1.165) is 12.2 Å². The molecule has 0 saturated heterocycles. The number of benzene rings is 1. The van der Waals surface area contributed by atoms with Crippen molar-refractivity contribution in [2.45, 2.75) is 57.1 Å². The van der Waals surface area contributed by atoms with Crippen molar-refractivity contribution in [3.63, 3.8) is 0 Å². The molecule has 1 aliphatic carbocycles. The molecule has 1 unspecified atom stereocenters. The molecule has 0 radical (unpaired) electrons. The van der Waals surface area contributed by atoms with Gasteiger partial charge in [0.05, 0.1) is 0 Å². The molecule has 3 rings (SSSR count). The maximum atomic E-state index is 6.34. The minimum Gasteiger partial charge on any atom is -0.487 e. The Balaban J connectivity index is 1.94.